The van der Waals surface area contributed by atoms with Crippen LogP contribution in [0.5, 0.6) is 5.75 Å². The summed E-state index contributed by atoms with van der Waals surface area (Å²) < 4.78 is 34.5. The van der Waals surface area contributed by atoms with Crippen molar-refractivity contribution in [2.75, 3.05) is 7.11 Å². The predicted molar refractivity (Wildman–Crippen MR) is 125 cm³/mol. The number of hydrogen-bond acceptors (Lipinski definition) is 5. The Morgan fingerprint density at radius 2 is 2.00 bits per heavy atom. The molecule has 0 radical (unpaired) electrons. The molecule has 170 valence electrons. The molecule has 2 aromatic heterocycles. The fourth-order valence-corrected chi connectivity index (χ4v) is 5.70. The van der Waals surface area contributed by atoms with Gasteiger partial charge in [0.2, 0.25) is 0 Å². The van der Waals surface area contributed by atoms with Gasteiger partial charge in [-0.1, -0.05) is 30.3 Å². The van der Waals surface area contributed by atoms with Crippen molar-refractivity contribution in [2.45, 2.75) is 38.4 Å². The lowest BCUT2D eigenvalue weighted by molar-refractivity contribution is 0.408. The summed E-state index contributed by atoms with van der Waals surface area (Å²) in [6.07, 6.45) is 3.89. The number of thiophene rings is 1. The lowest BCUT2D eigenvalue weighted by atomic mass is 9.93. The van der Waals surface area contributed by atoms with Gasteiger partial charge in [-0.05, 0) is 37.0 Å². The molecular weight excluding hydrogens is 444 g/mol. The number of nitrogens with zero attached hydrogens (tertiary/aromatic N) is 2. The summed E-state index contributed by atoms with van der Waals surface area (Å²) >= 11 is 1.54. The number of aryl methyl sites for hydroxylation is 1. The van der Waals surface area contributed by atoms with Gasteiger partial charge in [0.05, 0.1) is 25.4 Å². The van der Waals surface area contributed by atoms with E-state index in [-0.39, 0.29) is 18.1 Å². The van der Waals surface area contributed by atoms with Gasteiger partial charge >= 0.3 is 0 Å². The van der Waals surface area contributed by atoms with Crippen molar-refractivity contribution in [3.05, 3.63) is 92.3 Å². The lowest BCUT2D eigenvalue weighted by Gasteiger charge is -2.23. The number of ether oxygens (including phenoxy) is 1. The minimum absolute atomic E-state index is 0.0448. The van der Waals surface area contributed by atoms with Gasteiger partial charge in [0.1, 0.15) is 10.6 Å². The molecule has 1 aliphatic rings. The van der Waals surface area contributed by atoms with E-state index in [2.05, 4.69) is 10.3 Å². The highest BCUT2D eigenvalue weighted by molar-refractivity contribution is 7.18. The Morgan fingerprint density at radius 3 is 2.85 bits per heavy atom. The van der Waals surface area contributed by atoms with Crippen LogP contribution in [0.1, 0.15) is 28.0 Å². The fourth-order valence-electron chi connectivity index (χ4n) is 4.44. The molecule has 0 saturated heterocycles. The van der Waals surface area contributed by atoms with E-state index < -0.39 is 11.6 Å². The molecule has 0 unspecified atom stereocenters. The van der Waals surface area contributed by atoms with Gasteiger partial charge in [-0.2, -0.15) is 0 Å². The largest absolute Gasteiger partial charge is 0.496 e. The average Bonchev–Trinajstić information content (AvgIpc) is 3.20. The van der Waals surface area contributed by atoms with E-state index in [9.17, 15) is 13.6 Å². The van der Waals surface area contributed by atoms with Crippen molar-refractivity contribution in [1.82, 2.24) is 14.9 Å². The standard InChI is InChI=1S/C25H23F2N3O2S/c1-32-20-8-3-2-5-16(20)13-30-14-29-24-22(25(30)31)18-10-9-17(11-21(18)33-24)28-12-15-6-4-7-19(26)23(15)27/h2-8,14,17,28H,9-13H2,1H3/t17-/m1/s1. The molecule has 8 heteroatoms. The molecule has 0 fully saturated rings. The number of hydrogen-bond donors (Lipinski definition) is 1. The minimum Gasteiger partial charge on any atom is -0.496 e. The van der Waals surface area contributed by atoms with Gasteiger partial charge in [-0.15, -0.1) is 11.3 Å². The molecular formula is C25H23F2N3O2S. The van der Waals surface area contributed by atoms with Crippen LogP contribution in [0, 0.1) is 11.6 Å². The van der Waals surface area contributed by atoms with E-state index in [1.807, 2.05) is 24.3 Å². The zero-order chi connectivity index (χ0) is 22.9. The Hall–Kier alpha value is -3.10. The van der Waals surface area contributed by atoms with Gasteiger partial charge in [-0.25, -0.2) is 13.8 Å². The summed E-state index contributed by atoms with van der Waals surface area (Å²) in [7, 11) is 1.62. The first-order valence-corrected chi connectivity index (χ1v) is 11.6. The normalized spacial score (nSPS) is 15.5. The molecule has 5 rings (SSSR count). The molecule has 4 aromatic rings. The highest BCUT2D eigenvalue weighted by Crippen LogP contribution is 2.34. The monoisotopic (exact) mass is 467 g/mol. The summed E-state index contributed by atoms with van der Waals surface area (Å²) in [5.74, 6) is -0.899. The van der Waals surface area contributed by atoms with Gasteiger partial charge in [0.25, 0.3) is 5.56 Å². The minimum atomic E-state index is -0.833. The first-order valence-electron chi connectivity index (χ1n) is 10.8. The molecule has 5 nitrogen and oxygen atoms in total. The van der Waals surface area contributed by atoms with Crippen LogP contribution in [0.15, 0.2) is 53.6 Å². The van der Waals surface area contributed by atoms with Crippen molar-refractivity contribution in [1.29, 1.82) is 0 Å². The van der Waals surface area contributed by atoms with Gasteiger partial charge < -0.3 is 10.1 Å². The summed E-state index contributed by atoms with van der Waals surface area (Å²) in [6, 6.07) is 12.0. The van der Waals surface area contributed by atoms with E-state index in [0.717, 1.165) is 51.9 Å². The van der Waals surface area contributed by atoms with Crippen LogP contribution < -0.4 is 15.6 Å². The highest BCUT2D eigenvalue weighted by Gasteiger charge is 2.25. The van der Waals surface area contributed by atoms with E-state index >= 15 is 0 Å². The number of fused-ring (bicyclic) bond motifs is 3. The van der Waals surface area contributed by atoms with Crippen LogP contribution in [0.4, 0.5) is 8.78 Å². The predicted octanol–water partition coefficient (Wildman–Crippen LogP) is 4.44. The van der Waals surface area contributed by atoms with E-state index in [1.165, 1.54) is 6.07 Å². The second-order valence-electron chi connectivity index (χ2n) is 8.21. The Balaban J connectivity index is 1.37. The SMILES string of the molecule is COc1ccccc1Cn1cnc2sc3c(c2c1=O)CC[C@@H](NCc1cccc(F)c1F)C3. The quantitative estimate of drug-likeness (QED) is 0.456. The average molecular weight is 468 g/mol. The molecule has 1 atom stereocenters. The van der Waals surface area contributed by atoms with E-state index in [1.54, 1.807) is 35.4 Å². The van der Waals surface area contributed by atoms with Crippen molar-refractivity contribution < 1.29 is 13.5 Å². The zero-order valence-corrected chi connectivity index (χ0v) is 18.9. The molecule has 0 bridgehead atoms. The second kappa shape index (κ2) is 9.03. The fraction of sp³-hybridized carbons (Fsp3) is 0.280. The smallest absolute Gasteiger partial charge is 0.262 e. The first-order chi connectivity index (χ1) is 16.0. The van der Waals surface area contributed by atoms with Crippen LogP contribution in [-0.4, -0.2) is 22.7 Å². The van der Waals surface area contributed by atoms with Crippen LogP contribution in [0.3, 0.4) is 0 Å². The molecule has 1 aliphatic carbocycles. The number of para-hydroxylation sites is 1. The first kappa shape index (κ1) is 21.7. The topological polar surface area (TPSA) is 56.2 Å². The molecule has 33 heavy (non-hydrogen) atoms. The maximum absolute atomic E-state index is 14.0. The summed E-state index contributed by atoms with van der Waals surface area (Å²) in [5, 5.41) is 4.04. The van der Waals surface area contributed by atoms with Gasteiger partial charge in [0, 0.05) is 28.6 Å². The maximum Gasteiger partial charge on any atom is 0.262 e. The molecule has 1 N–H and O–H groups in total. The summed E-state index contributed by atoms with van der Waals surface area (Å²) in [4.78, 5) is 19.8. The molecule has 2 heterocycles. The zero-order valence-electron chi connectivity index (χ0n) is 18.1. The lowest BCUT2D eigenvalue weighted by Crippen LogP contribution is -2.34. The third-order valence-corrected chi connectivity index (χ3v) is 7.34. The third-order valence-electron chi connectivity index (χ3n) is 6.18. The molecule has 0 spiro atoms. The Labute approximate surface area is 193 Å². The number of benzene rings is 2. The van der Waals surface area contributed by atoms with Crippen LogP contribution in [0.2, 0.25) is 0 Å². The van der Waals surface area contributed by atoms with Crippen molar-refractivity contribution in [2.24, 2.45) is 0 Å². The maximum atomic E-state index is 14.0. The Morgan fingerprint density at radius 1 is 1.18 bits per heavy atom. The molecule has 0 amide bonds. The molecule has 0 aliphatic heterocycles. The molecule has 0 saturated carbocycles. The second-order valence-corrected chi connectivity index (χ2v) is 9.29. The third kappa shape index (κ3) is 4.16. The van der Waals surface area contributed by atoms with E-state index in [4.69, 9.17) is 4.74 Å². The summed E-state index contributed by atoms with van der Waals surface area (Å²) in [5.41, 5.74) is 2.26. The van der Waals surface area contributed by atoms with Crippen molar-refractivity contribution in [3.8, 4) is 5.75 Å². The van der Waals surface area contributed by atoms with E-state index in [0.29, 0.717) is 17.5 Å². The van der Waals surface area contributed by atoms with Gasteiger partial charge in [-0.3, -0.25) is 9.36 Å². The van der Waals surface area contributed by atoms with Crippen LogP contribution in [-0.2, 0) is 25.9 Å². The Bertz CT molecular complexity index is 1380. The van der Waals surface area contributed by atoms with Crippen molar-refractivity contribution in [3.63, 3.8) is 0 Å². The number of methoxy groups -OCH3 is 1. The van der Waals surface area contributed by atoms with Crippen LogP contribution >= 0.6 is 11.3 Å². The Kier molecular flexibility index (Phi) is 5.95. The summed E-state index contributed by atoms with van der Waals surface area (Å²) in [6.45, 7) is 0.651. The van der Waals surface area contributed by atoms with Crippen LogP contribution in [0.25, 0.3) is 10.2 Å². The molecule has 2 aromatic carbocycles. The number of nitrogens with one attached hydrogen (secondary N) is 1. The van der Waals surface area contributed by atoms with Crippen molar-refractivity contribution >= 4 is 21.6 Å². The van der Waals surface area contributed by atoms with Gasteiger partial charge in [0.15, 0.2) is 11.6 Å². The number of aromatic nitrogens is 2. The highest BCUT2D eigenvalue weighted by atomic mass is 32.1. The number of rotatable bonds is 6. The number of halogens is 2.